The molecular weight excluding hydrogens is 262 g/mol. The summed E-state index contributed by atoms with van der Waals surface area (Å²) in [5.74, 6) is -0.894. The van der Waals surface area contributed by atoms with Crippen LogP contribution in [0.25, 0.3) is 10.9 Å². The second kappa shape index (κ2) is 5.37. The van der Waals surface area contributed by atoms with Gasteiger partial charge in [0, 0.05) is 17.5 Å². The Hall–Kier alpha value is -2.68. The van der Waals surface area contributed by atoms with Gasteiger partial charge >= 0.3 is 5.97 Å². The molecule has 1 heterocycles. The van der Waals surface area contributed by atoms with Gasteiger partial charge in [0.1, 0.15) is 0 Å². The van der Waals surface area contributed by atoms with E-state index in [1.54, 1.807) is 6.07 Å². The molecule has 104 valence electrons. The third kappa shape index (κ3) is 2.77. The Kier molecular flexibility index (Phi) is 3.40. The summed E-state index contributed by atoms with van der Waals surface area (Å²) >= 11 is 0. The van der Waals surface area contributed by atoms with Crippen LogP contribution in [-0.4, -0.2) is 16.1 Å². The highest BCUT2D eigenvalue weighted by Gasteiger charge is 2.11. The van der Waals surface area contributed by atoms with Crippen molar-refractivity contribution in [3.05, 3.63) is 77.0 Å². The average Bonchev–Trinajstić information content (AvgIpc) is 2.49. The number of carboxylic acids is 1. The maximum absolute atomic E-state index is 11.4. The fraction of sp³-hybridized carbons (Fsp3) is 0.111. The number of fused-ring (bicyclic) bond motifs is 1. The van der Waals surface area contributed by atoms with Crippen molar-refractivity contribution in [3.63, 3.8) is 0 Å². The maximum Gasteiger partial charge on any atom is 0.335 e. The summed E-state index contributed by atoms with van der Waals surface area (Å²) in [6, 6.07) is 17.4. The second-order valence-corrected chi connectivity index (χ2v) is 5.14. The van der Waals surface area contributed by atoms with E-state index in [4.69, 9.17) is 0 Å². The lowest BCUT2D eigenvalue weighted by molar-refractivity contribution is 0.0695. The minimum Gasteiger partial charge on any atom is -0.478 e. The van der Waals surface area contributed by atoms with Gasteiger partial charge in [-0.3, -0.25) is 4.98 Å². The number of carbonyl (C=O) groups is 1. The number of benzene rings is 2. The SMILES string of the molecule is Cc1ccc(Cc2ccc3ccccc3n2)c(C(=O)O)c1. The second-order valence-electron chi connectivity index (χ2n) is 5.14. The van der Waals surface area contributed by atoms with Crippen LogP contribution in [0, 0.1) is 6.92 Å². The van der Waals surface area contributed by atoms with Crippen molar-refractivity contribution in [2.45, 2.75) is 13.3 Å². The number of aromatic nitrogens is 1. The smallest absolute Gasteiger partial charge is 0.335 e. The molecule has 1 N–H and O–H groups in total. The quantitative estimate of drug-likeness (QED) is 0.791. The molecule has 0 aliphatic carbocycles. The van der Waals surface area contributed by atoms with Gasteiger partial charge in [-0.2, -0.15) is 0 Å². The zero-order valence-corrected chi connectivity index (χ0v) is 11.7. The van der Waals surface area contributed by atoms with Crippen LogP contribution < -0.4 is 0 Å². The Balaban J connectivity index is 2.00. The molecule has 0 spiro atoms. The molecule has 3 nitrogen and oxygen atoms in total. The van der Waals surface area contributed by atoms with Crippen molar-refractivity contribution < 1.29 is 9.90 Å². The predicted molar refractivity (Wildman–Crippen MR) is 82.7 cm³/mol. The van der Waals surface area contributed by atoms with Crippen molar-refractivity contribution in [1.29, 1.82) is 0 Å². The van der Waals surface area contributed by atoms with Crippen molar-refractivity contribution in [2.24, 2.45) is 0 Å². The average molecular weight is 277 g/mol. The summed E-state index contributed by atoms with van der Waals surface area (Å²) < 4.78 is 0. The number of para-hydroxylation sites is 1. The molecule has 0 atom stereocenters. The van der Waals surface area contributed by atoms with E-state index in [0.717, 1.165) is 27.7 Å². The van der Waals surface area contributed by atoms with Gasteiger partial charge in [0.15, 0.2) is 0 Å². The Labute approximate surface area is 122 Å². The van der Waals surface area contributed by atoms with Gasteiger partial charge < -0.3 is 5.11 Å². The minimum absolute atomic E-state index is 0.352. The summed E-state index contributed by atoms with van der Waals surface area (Å²) in [6.45, 7) is 1.89. The van der Waals surface area contributed by atoms with Crippen molar-refractivity contribution in [3.8, 4) is 0 Å². The van der Waals surface area contributed by atoms with Crippen molar-refractivity contribution in [2.75, 3.05) is 0 Å². The molecule has 3 heteroatoms. The van der Waals surface area contributed by atoms with Gasteiger partial charge in [0.2, 0.25) is 0 Å². The van der Waals surface area contributed by atoms with E-state index in [1.807, 2.05) is 55.5 Å². The van der Waals surface area contributed by atoms with Gasteiger partial charge in [-0.15, -0.1) is 0 Å². The molecule has 0 saturated carbocycles. The van der Waals surface area contributed by atoms with E-state index in [-0.39, 0.29) is 0 Å². The van der Waals surface area contributed by atoms with E-state index in [1.165, 1.54) is 0 Å². The summed E-state index contributed by atoms with van der Waals surface area (Å²) in [5.41, 5.74) is 3.89. The van der Waals surface area contributed by atoms with E-state index in [2.05, 4.69) is 4.98 Å². The Bertz CT molecular complexity index is 824. The number of carboxylic acid groups (broad SMARTS) is 1. The van der Waals surface area contributed by atoms with Crippen LogP contribution in [0.2, 0.25) is 0 Å². The molecule has 3 aromatic rings. The van der Waals surface area contributed by atoms with Gasteiger partial charge in [-0.05, 0) is 30.7 Å². The molecule has 0 bridgehead atoms. The Morgan fingerprint density at radius 2 is 1.90 bits per heavy atom. The summed E-state index contributed by atoms with van der Waals surface area (Å²) in [4.78, 5) is 16.0. The van der Waals surface area contributed by atoms with E-state index in [0.29, 0.717) is 12.0 Å². The van der Waals surface area contributed by atoms with Crippen LogP contribution in [-0.2, 0) is 6.42 Å². The highest BCUT2D eigenvalue weighted by Crippen LogP contribution is 2.18. The van der Waals surface area contributed by atoms with Gasteiger partial charge in [0.05, 0.1) is 11.1 Å². The number of rotatable bonds is 3. The molecule has 3 rings (SSSR count). The third-order valence-electron chi connectivity index (χ3n) is 3.52. The molecule has 2 aromatic carbocycles. The monoisotopic (exact) mass is 277 g/mol. The summed E-state index contributed by atoms with van der Waals surface area (Å²) in [5, 5.41) is 10.4. The maximum atomic E-state index is 11.4. The van der Waals surface area contributed by atoms with E-state index >= 15 is 0 Å². The summed E-state index contributed by atoms with van der Waals surface area (Å²) in [6.07, 6.45) is 0.521. The van der Waals surface area contributed by atoms with Crippen LogP contribution >= 0.6 is 0 Å². The van der Waals surface area contributed by atoms with E-state index in [9.17, 15) is 9.90 Å². The first-order valence-corrected chi connectivity index (χ1v) is 6.81. The largest absolute Gasteiger partial charge is 0.478 e. The van der Waals surface area contributed by atoms with Crippen LogP contribution in [0.4, 0.5) is 0 Å². The molecule has 0 aliphatic rings. The number of aryl methyl sites for hydroxylation is 1. The molecule has 0 aliphatic heterocycles. The number of hydrogen-bond acceptors (Lipinski definition) is 2. The topological polar surface area (TPSA) is 50.2 Å². The Morgan fingerprint density at radius 3 is 2.71 bits per heavy atom. The third-order valence-corrected chi connectivity index (χ3v) is 3.52. The number of nitrogens with zero attached hydrogens (tertiary/aromatic N) is 1. The highest BCUT2D eigenvalue weighted by atomic mass is 16.4. The Morgan fingerprint density at radius 1 is 1.10 bits per heavy atom. The molecule has 0 saturated heterocycles. The molecule has 0 unspecified atom stereocenters. The van der Waals surface area contributed by atoms with Crippen LogP contribution in [0.5, 0.6) is 0 Å². The minimum atomic E-state index is -0.894. The van der Waals surface area contributed by atoms with Crippen LogP contribution in [0.15, 0.2) is 54.6 Å². The standard InChI is InChI=1S/C18H15NO2/c1-12-6-7-14(16(10-12)18(20)21)11-15-9-8-13-4-2-3-5-17(13)19-15/h2-10H,11H2,1H3,(H,20,21). The van der Waals surface area contributed by atoms with Crippen molar-refractivity contribution in [1.82, 2.24) is 4.98 Å². The lowest BCUT2D eigenvalue weighted by atomic mass is 10.00. The molecule has 0 fully saturated rings. The molecule has 0 amide bonds. The highest BCUT2D eigenvalue weighted by molar-refractivity contribution is 5.89. The fourth-order valence-corrected chi connectivity index (χ4v) is 2.45. The van der Waals surface area contributed by atoms with Crippen LogP contribution in [0.1, 0.15) is 27.2 Å². The van der Waals surface area contributed by atoms with Gasteiger partial charge in [0.25, 0.3) is 0 Å². The zero-order chi connectivity index (χ0) is 14.8. The number of hydrogen-bond donors (Lipinski definition) is 1. The summed E-state index contributed by atoms with van der Waals surface area (Å²) in [7, 11) is 0. The number of pyridine rings is 1. The first kappa shape index (κ1) is 13.3. The normalized spacial score (nSPS) is 10.7. The first-order valence-electron chi connectivity index (χ1n) is 6.81. The zero-order valence-electron chi connectivity index (χ0n) is 11.7. The molecule has 21 heavy (non-hydrogen) atoms. The molecule has 0 radical (unpaired) electrons. The lowest BCUT2D eigenvalue weighted by Crippen LogP contribution is -2.04. The van der Waals surface area contributed by atoms with Crippen LogP contribution in [0.3, 0.4) is 0 Å². The fourth-order valence-electron chi connectivity index (χ4n) is 2.45. The lowest BCUT2D eigenvalue weighted by Gasteiger charge is -2.08. The van der Waals surface area contributed by atoms with Gasteiger partial charge in [-0.1, -0.05) is 42.0 Å². The number of aromatic carboxylic acids is 1. The molecule has 1 aromatic heterocycles. The van der Waals surface area contributed by atoms with Crippen molar-refractivity contribution >= 4 is 16.9 Å². The van der Waals surface area contributed by atoms with Gasteiger partial charge in [-0.25, -0.2) is 4.79 Å². The predicted octanol–water partition coefficient (Wildman–Crippen LogP) is 3.83. The van der Waals surface area contributed by atoms with E-state index < -0.39 is 5.97 Å². The molecular formula is C18H15NO2. The first-order chi connectivity index (χ1) is 10.1.